The number of fused-ring (bicyclic) bond motifs is 1. The number of rotatable bonds is 4. The van der Waals surface area contributed by atoms with Gasteiger partial charge < -0.3 is 14.0 Å². The minimum Gasteiger partial charge on any atom is -0.333 e. The van der Waals surface area contributed by atoms with Crippen molar-refractivity contribution in [2.24, 2.45) is 0 Å². The Morgan fingerprint density at radius 2 is 1.92 bits per heavy atom. The first-order valence-electron chi connectivity index (χ1n) is 8.32. The maximum atomic E-state index is 12.5. The molecule has 8 heteroatoms. The van der Waals surface area contributed by atoms with Crippen LogP contribution in [0.3, 0.4) is 0 Å². The van der Waals surface area contributed by atoms with Crippen molar-refractivity contribution < 1.29 is 4.79 Å². The Balaban J connectivity index is 1.50. The highest BCUT2D eigenvalue weighted by molar-refractivity contribution is 5.76. The van der Waals surface area contributed by atoms with Gasteiger partial charge in [-0.1, -0.05) is 30.3 Å². The summed E-state index contributed by atoms with van der Waals surface area (Å²) in [4.78, 5) is 14.4. The number of hydrogen-bond acceptors (Lipinski definition) is 5. The van der Waals surface area contributed by atoms with Crippen LogP contribution in [0.25, 0.3) is 11.4 Å². The number of aromatic nitrogens is 6. The van der Waals surface area contributed by atoms with Gasteiger partial charge >= 0.3 is 0 Å². The zero-order chi connectivity index (χ0) is 17.2. The lowest BCUT2D eigenvalue weighted by Crippen LogP contribution is -2.40. The van der Waals surface area contributed by atoms with Crippen LogP contribution in [0.2, 0.25) is 0 Å². The van der Waals surface area contributed by atoms with Crippen molar-refractivity contribution in [3.05, 3.63) is 48.8 Å². The Bertz CT molecular complexity index is 857. The number of carbonyl (C=O) groups excluding carboxylic acids is 1. The Hall–Kier alpha value is -3.03. The monoisotopic (exact) mass is 337 g/mol. The molecule has 0 bridgehead atoms. The highest BCUT2D eigenvalue weighted by Gasteiger charge is 2.29. The van der Waals surface area contributed by atoms with Gasteiger partial charge in [0.05, 0.1) is 12.6 Å². The number of nitrogens with zero attached hydrogens (tertiary/aromatic N) is 7. The summed E-state index contributed by atoms with van der Waals surface area (Å²) in [7, 11) is 0. The van der Waals surface area contributed by atoms with Crippen LogP contribution in [0.5, 0.6) is 0 Å². The van der Waals surface area contributed by atoms with Crippen LogP contribution in [0.15, 0.2) is 43.0 Å². The predicted octanol–water partition coefficient (Wildman–Crippen LogP) is 1.53. The van der Waals surface area contributed by atoms with E-state index in [1.807, 2.05) is 35.2 Å². The van der Waals surface area contributed by atoms with E-state index in [0.29, 0.717) is 26.1 Å². The standard InChI is InChI=1S/C17H19N7O/c1-13-9-23(16(25)7-8-22-11-18-19-12-22)10-15-20-21-17(24(13)15)14-5-3-2-4-6-14/h2-6,11-13H,7-10H2,1H3/t13-/m0/s1. The van der Waals surface area contributed by atoms with Gasteiger partial charge in [0, 0.05) is 25.1 Å². The lowest BCUT2D eigenvalue weighted by atomic mass is 10.1. The summed E-state index contributed by atoms with van der Waals surface area (Å²) >= 11 is 0. The molecule has 0 N–H and O–H groups in total. The molecule has 1 aromatic carbocycles. The third-order valence-electron chi connectivity index (χ3n) is 4.46. The molecule has 128 valence electrons. The Kier molecular flexibility index (Phi) is 4.01. The van der Waals surface area contributed by atoms with Gasteiger partial charge in [0.2, 0.25) is 5.91 Å². The van der Waals surface area contributed by atoms with E-state index in [9.17, 15) is 4.79 Å². The Morgan fingerprint density at radius 1 is 1.16 bits per heavy atom. The zero-order valence-corrected chi connectivity index (χ0v) is 14.0. The summed E-state index contributed by atoms with van der Waals surface area (Å²) in [5.41, 5.74) is 1.04. The third-order valence-corrected chi connectivity index (χ3v) is 4.46. The molecule has 1 aliphatic heterocycles. The maximum Gasteiger partial charge on any atom is 0.224 e. The molecule has 1 amide bonds. The minimum absolute atomic E-state index is 0.107. The van der Waals surface area contributed by atoms with E-state index in [1.165, 1.54) is 0 Å². The molecule has 0 radical (unpaired) electrons. The van der Waals surface area contributed by atoms with E-state index in [0.717, 1.165) is 17.2 Å². The van der Waals surface area contributed by atoms with Gasteiger partial charge in [0.1, 0.15) is 12.7 Å². The van der Waals surface area contributed by atoms with Crippen LogP contribution in [0, 0.1) is 0 Å². The molecule has 0 saturated carbocycles. The second-order valence-electron chi connectivity index (χ2n) is 6.25. The van der Waals surface area contributed by atoms with Gasteiger partial charge in [-0.25, -0.2) is 0 Å². The molecule has 0 aliphatic carbocycles. The summed E-state index contributed by atoms with van der Waals surface area (Å²) in [5, 5.41) is 16.2. The summed E-state index contributed by atoms with van der Waals surface area (Å²) in [5.74, 6) is 1.80. The molecule has 3 aromatic rings. The van der Waals surface area contributed by atoms with Crippen molar-refractivity contribution in [2.75, 3.05) is 6.54 Å². The average Bonchev–Trinajstić information content (AvgIpc) is 3.30. The number of aryl methyl sites for hydroxylation is 1. The number of benzene rings is 1. The van der Waals surface area contributed by atoms with Crippen LogP contribution in [0.1, 0.15) is 25.2 Å². The second kappa shape index (κ2) is 6.46. The molecule has 4 rings (SSSR count). The number of amides is 1. The molecule has 3 heterocycles. The number of carbonyl (C=O) groups is 1. The smallest absolute Gasteiger partial charge is 0.224 e. The predicted molar refractivity (Wildman–Crippen MR) is 90.2 cm³/mol. The Morgan fingerprint density at radius 3 is 2.68 bits per heavy atom. The van der Waals surface area contributed by atoms with Gasteiger partial charge in [0.25, 0.3) is 0 Å². The lowest BCUT2D eigenvalue weighted by molar-refractivity contribution is -0.133. The Labute approximate surface area is 145 Å². The van der Waals surface area contributed by atoms with Gasteiger partial charge in [-0.3, -0.25) is 4.79 Å². The fraction of sp³-hybridized carbons (Fsp3) is 0.353. The third kappa shape index (κ3) is 3.02. The number of hydrogen-bond donors (Lipinski definition) is 0. The lowest BCUT2D eigenvalue weighted by Gasteiger charge is -2.32. The molecule has 2 aromatic heterocycles. The first kappa shape index (κ1) is 15.5. The largest absolute Gasteiger partial charge is 0.333 e. The highest BCUT2D eigenvalue weighted by Crippen LogP contribution is 2.27. The average molecular weight is 337 g/mol. The first-order chi connectivity index (χ1) is 12.2. The van der Waals surface area contributed by atoms with Crippen LogP contribution >= 0.6 is 0 Å². The van der Waals surface area contributed by atoms with Crippen molar-refractivity contribution in [3.63, 3.8) is 0 Å². The first-order valence-corrected chi connectivity index (χ1v) is 8.32. The van der Waals surface area contributed by atoms with E-state index in [2.05, 4.69) is 31.9 Å². The molecule has 0 saturated heterocycles. The van der Waals surface area contributed by atoms with Gasteiger partial charge in [-0.05, 0) is 6.92 Å². The summed E-state index contributed by atoms with van der Waals surface area (Å²) in [6.45, 7) is 3.83. The summed E-state index contributed by atoms with van der Waals surface area (Å²) in [6.07, 6.45) is 3.66. The van der Waals surface area contributed by atoms with Crippen LogP contribution in [-0.2, 0) is 17.9 Å². The van der Waals surface area contributed by atoms with Crippen LogP contribution in [0.4, 0.5) is 0 Å². The van der Waals surface area contributed by atoms with Gasteiger partial charge in [-0.2, -0.15) is 0 Å². The molecule has 8 nitrogen and oxygen atoms in total. The minimum atomic E-state index is 0.107. The molecular weight excluding hydrogens is 318 g/mol. The molecular formula is C17H19N7O. The van der Waals surface area contributed by atoms with Crippen molar-refractivity contribution in [1.29, 1.82) is 0 Å². The van der Waals surface area contributed by atoms with E-state index >= 15 is 0 Å². The summed E-state index contributed by atoms with van der Waals surface area (Å²) in [6, 6.07) is 10.2. The molecule has 1 aliphatic rings. The van der Waals surface area contributed by atoms with E-state index in [-0.39, 0.29) is 11.9 Å². The zero-order valence-electron chi connectivity index (χ0n) is 14.0. The maximum absolute atomic E-state index is 12.5. The highest BCUT2D eigenvalue weighted by atomic mass is 16.2. The van der Waals surface area contributed by atoms with Crippen molar-refractivity contribution >= 4 is 5.91 Å². The molecule has 0 unspecified atom stereocenters. The van der Waals surface area contributed by atoms with E-state index in [4.69, 9.17) is 0 Å². The SMILES string of the molecule is C[C@H]1CN(C(=O)CCn2cnnc2)Cc2nnc(-c3ccccc3)n21. The fourth-order valence-electron chi connectivity index (χ4n) is 3.22. The van der Waals surface area contributed by atoms with E-state index in [1.54, 1.807) is 17.2 Å². The van der Waals surface area contributed by atoms with Crippen LogP contribution in [-0.4, -0.2) is 46.9 Å². The van der Waals surface area contributed by atoms with E-state index < -0.39 is 0 Å². The van der Waals surface area contributed by atoms with Crippen molar-refractivity contribution in [2.45, 2.75) is 32.5 Å². The molecule has 0 fully saturated rings. The van der Waals surface area contributed by atoms with Crippen molar-refractivity contribution in [1.82, 2.24) is 34.4 Å². The molecule has 0 spiro atoms. The van der Waals surface area contributed by atoms with Gasteiger partial charge in [0.15, 0.2) is 11.6 Å². The second-order valence-corrected chi connectivity index (χ2v) is 6.25. The van der Waals surface area contributed by atoms with Crippen LogP contribution < -0.4 is 0 Å². The van der Waals surface area contributed by atoms with Gasteiger partial charge in [-0.15, -0.1) is 20.4 Å². The molecule has 25 heavy (non-hydrogen) atoms. The quantitative estimate of drug-likeness (QED) is 0.721. The summed E-state index contributed by atoms with van der Waals surface area (Å²) < 4.78 is 3.94. The normalized spacial score (nSPS) is 16.7. The molecule has 1 atom stereocenters. The fourth-order valence-corrected chi connectivity index (χ4v) is 3.22. The van der Waals surface area contributed by atoms with Crippen molar-refractivity contribution in [3.8, 4) is 11.4 Å². The topological polar surface area (TPSA) is 81.7 Å².